The molecule has 0 unspecified atom stereocenters. The Kier molecular flexibility index (Phi) is 4.36. The minimum atomic E-state index is -4.93. The lowest BCUT2D eigenvalue weighted by Crippen LogP contribution is -2.27. The van der Waals surface area contributed by atoms with Crippen molar-refractivity contribution >= 4 is 45.8 Å². The minimum absolute atomic E-state index is 0.0897. The van der Waals surface area contributed by atoms with Gasteiger partial charge in [0.2, 0.25) is 0 Å². The predicted octanol–water partition coefficient (Wildman–Crippen LogP) is 2.79. The number of nitrogens with zero attached hydrogens (tertiary/aromatic N) is 3. The summed E-state index contributed by atoms with van der Waals surface area (Å²) >= 11 is 8.05. The van der Waals surface area contributed by atoms with Crippen LogP contribution in [0.3, 0.4) is 0 Å². The highest BCUT2D eigenvalue weighted by Gasteiger charge is 2.39. The predicted molar refractivity (Wildman–Crippen MR) is 68.5 cm³/mol. The molecule has 1 aromatic heterocycles. The average molecular weight is 330 g/mol. The molecule has 0 bridgehead atoms. The highest BCUT2D eigenvalue weighted by atomic mass is 35.5. The molecule has 0 spiro atoms. The van der Waals surface area contributed by atoms with Crippen LogP contribution in [0.25, 0.3) is 0 Å². The normalized spacial score (nSPS) is 18.3. The van der Waals surface area contributed by atoms with Crippen LogP contribution in [0.15, 0.2) is 11.2 Å². The third-order valence-electron chi connectivity index (χ3n) is 2.17. The second-order valence-electron chi connectivity index (χ2n) is 3.55. The first-order valence-corrected chi connectivity index (χ1v) is 7.22. The average Bonchev–Trinajstić information content (AvgIpc) is 2.88. The zero-order valence-electron chi connectivity index (χ0n) is 9.28. The van der Waals surface area contributed by atoms with Crippen LogP contribution in [0.4, 0.5) is 13.2 Å². The summed E-state index contributed by atoms with van der Waals surface area (Å²) < 4.78 is 36.8. The highest BCUT2D eigenvalue weighted by Crippen LogP contribution is 2.26. The second-order valence-corrected chi connectivity index (χ2v) is 6.31. The van der Waals surface area contributed by atoms with Crippen molar-refractivity contribution in [3.8, 4) is 0 Å². The van der Waals surface area contributed by atoms with E-state index in [0.29, 0.717) is 23.3 Å². The van der Waals surface area contributed by atoms with Gasteiger partial charge in [-0.05, 0) is 0 Å². The number of aliphatic imine (C=N–C) groups is 1. The van der Waals surface area contributed by atoms with Gasteiger partial charge in [-0.2, -0.15) is 18.2 Å². The van der Waals surface area contributed by atoms with E-state index in [1.807, 2.05) is 0 Å². The molecule has 2 rings (SSSR count). The molecular weight excluding hydrogens is 323 g/mol. The van der Waals surface area contributed by atoms with Crippen molar-refractivity contribution in [3.63, 3.8) is 0 Å². The molecule has 4 nitrogen and oxygen atoms in total. The van der Waals surface area contributed by atoms with Crippen molar-refractivity contribution in [2.75, 3.05) is 12.3 Å². The van der Waals surface area contributed by atoms with Crippen molar-refractivity contribution in [1.29, 1.82) is 0 Å². The summed E-state index contributed by atoms with van der Waals surface area (Å²) in [4.78, 5) is 20.2. The van der Waals surface area contributed by atoms with Crippen molar-refractivity contribution in [3.05, 3.63) is 15.5 Å². The molecule has 0 saturated carbocycles. The SMILES string of the molecule is O=C(N=C1SCCN1Cc1cnc(Cl)s1)C(F)(F)F. The maximum absolute atomic E-state index is 12.2. The molecule has 1 aliphatic heterocycles. The van der Waals surface area contributed by atoms with Gasteiger partial charge in [0.1, 0.15) is 0 Å². The fourth-order valence-electron chi connectivity index (χ4n) is 1.38. The number of amidine groups is 1. The first kappa shape index (κ1) is 14.6. The summed E-state index contributed by atoms with van der Waals surface area (Å²) in [5.74, 6) is -1.49. The highest BCUT2D eigenvalue weighted by molar-refractivity contribution is 8.14. The summed E-state index contributed by atoms with van der Waals surface area (Å²) in [6, 6.07) is 0. The number of rotatable bonds is 2. The van der Waals surface area contributed by atoms with Crippen LogP contribution in [-0.2, 0) is 11.3 Å². The largest absolute Gasteiger partial charge is 0.473 e. The number of carbonyl (C=O) groups excluding carboxylic acids is 1. The van der Waals surface area contributed by atoms with Crippen LogP contribution in [0.5, 0.6) is 0 Å². The van der Waals surface area contributed by atoms with E-state index in [1.165, 1.54) is 11.3 Å². The molecule has 0 atom stereocenters. The van der Waals surface area contributed by atoms with Crippen molar-refractivity contribution in [1.82, 2.24) is 9.88 Å². The van der Waals surface area contributed by atoms with Crippen LogP contribution in [0.2, 0.25) is 4.47 Å². The Morgan fingerprint density at radius 2 is 2.32 bits per heavy atom. The Morgan fingerprint density at radius 1 is 1.58 bits per heavy atom. The summed E-state index contributed by atoms with van der Waals surface area (Å²) in [6.07, 6.45) is -3.38. The lowest BCUT2D eigenvalue weighted by atomic mass is 10.5. The van der Waals surface area contributed by atoms with Gasteiger partial charge < -0.3 is 4.90 Å². The van der Waals surface area contributed by atoms with E-state index in [0.717, 1.165) is 16.6 Å². The first-order chi connectivity index (χ1) is 8.86. The maximum atomic E-state index is 12.2. The van der Waals surface area contributed by atoms with Gasteiger partial charge in [0.15, 0.2) is 9.63 Å². The fourth-order valence-corrected chi connectivity index (χ4v) is 3.35. The first-order valence-electron chi connectivity index (χ1n) is 5.04. The Labute approximate surface area is 119 Å². The number of halogens is 4. The second kappa shape index (κ2) is 5.68. The molecule has 1 aliphatic rings. The molecular formula is C9H7ClF3N3OS2. The molecule has 104 valence electrons. The number of thioether (sulfide) groups is 1. The Bertz CT molecular complexity index is 517. The van der Waals surface area contributed by atoms with Crippen molar-refractivity contribution < 1.29 is 18.0 Å². The summed E-state index contributed by atoms with van der Waals surface area (Å²) in [7, 11) is 0. The van der Waals surface area contributed by atoms with Gasteiger partial charge in [-0.25, -0.2) is 4.98 Å². The van der Waals surface area contributed by atoms with Crippen LogP contribution < -0.4 is 0 Å². The molecule has 10 heteroatoms. The van der Waals surface area contributed by atoms with Gasteiger partial charge in [-0.3, -0.25) is 4.79 Å². The van der Waals surface area contributed by atoms with Gasteiger partial charge in [0.05, 0.1) is 6.54 Å². The van der Waals surface area contributed by atoms with E-state index >= 15 is 0 Å². The van der Waals surface area contributed by atoms with Crippen molar-refractivity contribution in [2.24, 2.45) is 4.99 Å². The van der Waals surface area contributed by atoms with E-state index in [2.05, 4.69) is 9.98 Å². The number of aromatic nitrogens is 1. The van der Waals surface area contributed by atoms with Gasteiger partial charge >= 0.3 is 12.1 Å². The molecule has 0 radical (unpaired) electrons. The van der Waals surface area contributed by atoms with E-state index in [9.17, 15) is 18.0 Å². The number of alkyl halides is 3. The molecule has 1 amide bonds. The van der Waals surface area contributed by atoms with Crippen LogP contribution in [0, 0.1) is 0 Å². The molecule has 2 heterocycles. The number of carbonyl (C=O) groups is 1. The molecule has 1 fully saturated rings. The van der Waals surface area contributed by atoms with Gasteiger partial charge in [0.25, 0.3) is 0 Å². The zero-order valence-corrected chi connectivity index (χ0v) is 11.7. The van der Waals surface area contributed by atoms with E-state index in [1.54, 1.807) is 11.1 Å². The Hall–Kier alpha value is -0.800. The standard InChI is InChI=1S/C9H7ClF3N3OS2/c10-7-14-3-5(19-7)4-16-1-2-18-8(16)15-6(17)9(11,12)13/h3H,1-2,4H2. The summed E-state index contributed by atoms with van der Waals surface area (Å²) in [6.45, 7) is 0.880. The zero-order chi connectivity index (χ0) is 14.0. The monoisotopic (exact) mass is 329 g/mol. The number of hydrogen-bond donors (Lipinski definition) is 0. The van der Waals surface area contributed by atoms with E-state index in [-0.39, 0.29) is 5.17 Å². The third-order valence-corrected chi connectivity index (χ3v) is 4.27. The van der Waals surface area contributed by atoms with Crippen molar-refractivity contribution in [2.45, 2.75) is 12.7 Å². The van der Waals surface area contributed by atoms with Crippen LogP contribution in [-0.4, -0.2) is 39.4 Å². The number of amides is 1. The molecule has 1 saturated heterocycles. The van der Waals surface area contributed by atoms with E-state index in [4.69, 9.17) is 11.6 Å². The van der Waals surface area contributed by atoms with Gasteiger partial charge in [-0.1, -0.05) is 23.4 Å². The number of hydrogen-bond acceptors (Lipinski definition) is 4. The third kappa shape index (κ3) is 3.83. The van der Waals surface area contributed by atoms with Gasteiger partial charge in [-0.15, -0.1) is 11.3 Å². The quantitative estimate of drug-likeness (QED) is 0.837. The minimum Gasteiger partial charge on any atom is -0.345 e. The molecule has 19 heavy (non-hydrogen) atoms. The lowest BCUT2D eigenvalue weighted by molar-refractivity contribution is -0.169. The molecule has 0 aliphatic carbocycles. The Morgan fingerprint density at radius 3 is 2.89 bits per heavy atom. The lowest BCUT2D eigenvalue weighted by Gasteiger charge is -2.16. The molecule has 0 N–H and O–H groups in total. The topological polar surface area (TPSA) is 45.6 Å². The van der Waals surface area contributed by atoms with Gasteiger partial charge in [0, 0.05) is 23.4 Å². The van der Waals surface area contributed by atoms with E-state index < -0.39 is 12.1 Å². The molecule has 0 aromatic carbocycles. The summed E-state index contributed by atoms with van der Waals surface area (Å²) in [5, 5.41) is 0.0897. The Balaban J connectivity index is 2.09. The smallest absolute Gasteiger partial charge is 0.345 e. The summed E-state index contributed by atoms with van der Waals surface area (Å²) in [5.41, 5.74) is 0. The maximum Gasteiger partial charge on any atom is 0.473 e. The van der Waals surface area contributed by atoms with Crippen LogP contribution >= 0.6 is 34.7 Å². The molecule has 1 aromatic rings. The fraction of sp³-hybridized carbons (Fsp3) is 0.444. The number of thiazole rings is 1. The van der Waals surface area contributed by atoms with Crippen LogP contribution in [0.1, 0.15) is 4.88 Å².